The maximum Gasteiger partial charge on any atom is 0.293 e. The highest BCUT2D eigenvalue weighted by Crippen LogP contribution is 2.29. The SMILES string of the molecule is O=[N+]([O-])c1cc(Br)ccc1N[C@@H]1CCNC[C@H]1O. The van der Waals surface area contributed by atoms with Crippen LogP contribution < -0.4 is 10.6 Å². The van der Waals surface area contributed by atoms with E-state index in [-0.39, 0.29) is 11.7 Å². The van der Waals surface area contributed by atoms with E-state index in [1.54, 1.807) is 12.1 Å². The van der Waals surface area contributed by atoms with Crippen molar-refractivity contribution in [3.8, 4) is 0 Å². The van der Waals surface area contributed by atoms with Gasteiger partial charge in [0.15, 0.2) is 0 Å². The van der Waals surface area contributed by atoms with Crippen LogP contribution in [0.1, 0.15) is 6.42 Å². The van der Waals surface area contributed by atoms with Gasteiger partial charge in [0.25, 0.3) is 5.69 Å². The smallest absolute Gasteiger partial charge is 0.293 e. The number of nitrogens with one attached hydrogen (secondary N) is 2. The van der Waals surface area contributed by atoms with Crippen LogP contribution in [0.25, 0.3) is 0 Å². The molecule has 98 valence electrons. The molecule has 0 unspecified atom stereocenters. The quantitative estimate of drug-likeness (QED) is 0.581. The van der Waals surface area contributed by atoms with E-state index in [4.69, 9.17) is 0 Å². The molecule has 2 rings (SSSR count). The number of aliphatic hydroxyl groups is 1. The summed E-state index contributed by atoms with van der Waals surface area (Å²) in [5, 5.41) is 26.9. The van der Waals surface area contributed by atoms with Crippen LogP contribution in [0.4, 0.5) is 11.4 Å². The van der Waals surface area contributed by atoms with Crippen molar-refractivity contribution in [2.75, 3.05) is 18.4 Å². The number of rotatable bonds is 3. The number of nitro benzene ring substituents is 1. The minimum Gasteiger partial charge on any atom is -0.390 e. The van der Waals surface area contributed by atoms with Gasteiger partial charge in [0.05, 0.1) is 17.1 Å². The molecule has 1 fully saturated rings. The molecule has 0 spiro atoms. The Balaban J connectivity index is 2.20. The lowest BCUT2D eigenvalue weighted by Gasteiger charge is -2.29. The topological polar surface area (TPSA) is 87.4 Å². The molecule has 1 aromatic carbocycles. The Morgan fingerprint density at radius 1 is 1.56 bits per heavy atom. The van der Waals surface area contributed by atoms with Crippen LogP contribution in [0.15, 0.2) is 22.7 Å². The van der Waals surface area contributed by atoms with Crippen LogP contribution in [0.5, 0.6) is 0 Å². The zero-order valence-corrected chi connectivity index (χ0v) is 11.2. The lowest BCUT2D eigenvalue weighted by molar-refractivity contribution is -0.384. The predicted molar refractivity (Wildman–Crippen MR) is 71.7 cm³/mol. The zero-order chi connectivity index (χ0) is 13.1. The lowest BCUT2D eigenvalue weighted by Crippen LogP contribution is -2.47. The first-order valence-corrected chi connectivity index (χ1v) is 6.46. The Hall–Kier alpha value is -1.18. The highest BCUT2D eigenvalue weighted by molar-refractivity contribution is 9.10. The maximum absolute atomic E-state index is 11.0. The normalized spacial score (nSPS) is 23.7. The van der Waals surface area contributed by atoms with Crippen LogP contribution in [0.2, 0.25) is 0 Å². The summed E-state index contributed by atoms with van der Waals surface area (Å²) < 4.78 is 0.658. The average Bonchev–Trinajstić information content (AvgIpc) is 2.34. The maximum atomic E-state index is 11.0. The van der Waals surface area contributed by atoms with Crippen molar-refractivity contribution in [2.24, 2.45) is 0 Å². The molecule has 0 amide bonds. The summed E-state index contributed by atoms with van der Waals surface area (Å²) in [7, 11) is 0. The Morgan fingerprint density at radius 3 is 3.00 bits per heavy atom. The van der Waals surface area contributed by atoms with E-state index in [2.05, 4.69) is 26.6 Å². The molecule has 18 heavy (non-hydrogen) atoms. The van der Waals surface area contributed by atoms with Gasteiger partial charge in [0, 0.05) is 17.1 Å². The first-order valence-electron chi connectivity index (χ1n) is 5.67. The molecule has 0 saturated carbocycles. The highest BCUT2D eigenvalue weighted by atomic mass is 79.9. The first-order chi connectivity index (χ1) is 8.58. The van der Waals surface area contributed by atoms with E-state index >= 15 is 0 Å². The van der Waals surface area contributed by atoms with Gasteiger partial charge in [-0.05, 0) is 25.1 Å². The van der Waals surface area contributed by atoms with E-state index in [1.165, 1.54) is 6.07 Å². The van der Waals surface area contributed by atoms with E-state index in [1.807, 2.05) is 0 Å². The summed E-state index contributed by atoms with van der Waals surface area (Å²) in [6.45, 7) is 1.29. The fraction of sp³-hybridized carbons (Fsp3) is 0.455. The number of piperidine rings is 1. The van der Waals surface area contributed by atoms with E-state index in [0.29, 0.717) is 16.7 Å². The minimum atomic E-state index is -0.540. The van der Waals surface area contributed by atoms with Gasteiger partial charge in [-0.15, -0.1) is 0 Å². The number of hydrogen-bond donors (Lipinski definition) is 3. The average molecular weight is 316 g/mol. The van der Waals surface area contributed by atoms with Gasteiger partial charge in [0.2, 0.25) is 0 Å². The second-order valence-corrected chi connectivity index (χ2v) is 5.15. The molecule has 0 aliphatic carbocycles. The molecule has 2 atom stereocenters. The fourth-order valence-corrected chi connectivity index (χ4v) is 2.34. The third-order valence-corrected chi connectivity index (χ3v) is 3.44. The summed E-state index contributed by atoms with van der Waals surface area (Å²) in [5.41, 5.74) is 0.448. The molecule has 7 heteroatoms. The number of anilines is 1. The molecule has 0 radical (unpaired) electrons. The van der Waals surface area contributed by atoms with Crippen LogP contribution in [0, 0.1) is 10.1 Å². The van der Waals surface area contributed by atoms with Crippen LogP contribution in [0.3, 0.4) is 0 Å². The zero-order valence-electron chi connectivity index (χ0n) is 9.60. The number of β-amino-alcohol motifs (C(OH)–C–C–N with tert-alkyl or cyclic N) is 1. The number of nitrogens with zero attached hydrogens (tertiary/aromatic N) is 1. The third kappa shape index (κ3) is 2.98. The van der Waals surface area contributed by atoms with Gasteiger partial charge < -0.3 is 15.7 Å². The predicted octanol–water partition coefficient (Wildman–Crippen LogP) is 1.49. The van der Waals surface area contributed by atoms with Crippen molar-refractivity contribution in [2.45, 2.75) is 18.6 Å². The van der Waals surface area contributed by atoms with Crippen molar-refractivity contribution in [1.82, 2.24) is 5.32 Å². The van der Waals surface area contributed by atoms with Crippen molar-refractivity contribution in [3.63, 3.8) is 0 Å². The molecule has 0 aromatic heterocycles. The van der Waals surface area contributed by atoms with Crippen LogP contribution >= 0.6 is 15.9 Å². The Bertz CT molecular complexity index is 455. The number of halogens is 1. The summed E-state index contributed by atoms with van der Waals surface area (Å²) >= 11 is 3.21. The number of hydrogen-bond acceptors (Lipinski definition) is 5. The van der Waals surface area contributed by atoms with Crippen molar-refractivity contribution < 1.29 is 10.0 Å². The van der Waals surface area contributed by atoms with E-state index in [9.17, 15) is 15.2 Å². The fourth-order valence-electron chi connectivity index (χ4n) is 1.99. The molecular weight excluding hydrogens is 302 g/mol. The third-order valence-electron chi connectivity index (χ3n) is 2.95. The van der Waals surface area contributed by atoms with Gasteiger partial charge in [-0.3, -0.25) is 10.1 Å². The van der Waals surface area contributed by atoms with Crippen LogP contribution in [-0.2, 0) is 0 Å². The standard InChI is InChI=1S/C11H14BrN3O3/c12-7-1-2-8(10(5-7)15(17)18)14-9-3-4-13-6-11(9)16/h1-2,5,9,11,13-14,16H,3-4,6H2/t9-,11-/m1/s1. The van der Waals surface area contributed by atoms with Gasteiger partial charge in [0.1, 0.15) is 5.69 Å². The second kappa shape index (κ2) is 5.64. The summed E-state index contributed by atoms with van der Waals surface area (Å²) in [6, 6.07) is 4.68. The van der Waals surface area contributed by atoms with Gasteiger partial charge >= 0.3 is 0 Å². The van der Waals surface area contributed by atoms with Crippen LogP contribution in [-0.4, -0.2) is 35.3 Å². The molecule has 1 aromatic rings. The number of aliphatic hydroxyl groups excluding tert-OH is 1. The molecule has 1 heterocycles. The van der Waals surface area contributed by atoms with Crippen molar-refractivity contribution >= 4 is 27.3 Å². The Kier molecular flexibility index (Phi) is 4.15. The van der Waals surface area contributed by atoms with Gasteiger partial charge in [-0.2, -0.15) is 0 Å². The first kappa shape index (κ1) is 13.3. The minimum absolute atomic E-state index is 0.00936. The van der Waals surface area contributed by atoms with E-state index < -0.39 is 11.0 Å². The summed E-state index contributed by atoms with van der Waals surface area (Å²) in [4.78, 5) is 10.5. The van der Waals surface area contributed by atoms with Gasteiger partial charge in [-0.25, -0.2) is 0 Å². The molecule has 6 nitrogen and oxygen atoms in total. The monoisotopic (exact) mass is 315 g/mol. The van der Waals surface area contributed by atoms with Gasteiger partial charge in [-0.1, -0.05) is 15.9 Å². The largest absolute Gasteiger partial charge is 0.390 e. The molecular formula is C11H14BrN3O3. The van der Waals surface area contributed by atoms with Crippen molar-refractivity contribution in [1.29, 1.82) is 0 Å². The Morgan fingerprint density at radius 2 is 2.33 bits per heavy atom. The molecule has 0 bridgehead atoms. The number of nitro groups is 1. The summed E-state index contributed by atoms with van der Waals surface area (Å²) in [6.07, 6.45) is 0.191. The molecule has 1 aliphatic heterocycles. The molecule has 3 N–H and O–H groups in total. The van der Waals surface area contributed by atoms with Crippen molar-refractivity contribution in [3.05, 3.63) is 32.8 Å². The van der Waals surface area contributed by atoms with E-state index in [0.717, 1.165) is 13.0 Å². The lowest BCUT2D eigenvalue weighted by atomic mass is 10.0. The Labute approximate surface area is 113 Å². The number of benzene rings is 1. The summed E-state index contributed by atoms with van der Waals surface area (Å²) in [5.74, 6) is 0. The molecule has 1 saturated heterocycles. The second-order valence-electron chi connectivity index (χ2n) is 4.23. The molecule has 1 aliphatic rings. The highest BCUT2D eigenvalue weighted by Gasteiger charge is 2.25.